The van der Waals surface area contributed by atoms with Crippen molar-refractivity contribution >= 4 is 5.96 Å². The van der Waals surface area contributed by atoms with Crippen LogP contribution in [0.3, 0.4) is 0 Å². The fourth-order valence-corrected chi connectivity index (χ4v) is 3.64. The van der Waals surface area contributed by atoms with E-state index in [1.807, 2.05) is 27.0 Å². The molecule has 1 atom stereocenters. The van der Waals surface area contributed by atoms with Crippen molar-refractivity contribution in [2.45, 2.75) is 39.2 Å². The van der Waals surface area contributed by atoms with E-state index in [-0.39, 0.29) is 0 Å². The van der Waals surface area contributed by atoms with Crippen LogP contribution >= 0.6 is 0 Å². The Morgan fingerprint density at radius 1 is 1.17 bits per heavy atom. The van der Waals surface area contributed by atoms with Crippen molar-refractivity contribution in [3.63, 3.8) is 0 Å². The minimum Gasteiger partial charge on any atom is -0.490 e. The molecule has 1 unspecified atom stereocenters. The maximum absolute atomic E-state index is 5.72. The van der Waals surface area contributed by atoms with Crippen molar-refractivity contribution in [1.29, 1.82) is 0 Å². The molecule has 164 valence electrons. The second-order valence-corrected chi connectivity index (χ2v) is 7.10. The average molecular weight is 407 g/mol. The van der Waals surface area contributed by atoms with Gasteiger partial charge in [0.2, 0.25) is 0 Å². The van der Waals surface area contributed by atoms with Crippen LogP contribution in [0.25, 0.3) is 0 Å². The van der Waals surface area contributed by atoms with Crippen LogP contribution in [0, 0.1) is 0 Å². The average Bonchev–Trinajstić information content (AvgIpc) is 3.18. The smallest absolute Gasteiger partial charge is 0.191 e. The minimum absolute atomic E-state index is 0.545. The highest BCUT2D eigenvalue weighted by Gasteiger charge is 2.23. The van der Waals surface area contributed by atoms with Crippen molar-refractivity contribution in [3.05, 3.63) is 23.8 Å². The quantitative estimate of drug-likeness (QED) is 0.410. The molecule has 0 aromatic heterocycles. The summed E-state index contributed by atoms with van der Waals surface area (Å²) in [7, 11) is 3.58. The Morgan fingerprint density at radius 2 is 1.97 bits per heavy atom. The second-order valence-electron chi connectivity index (χ2n) is 7.10. The van der Waals surface area contributed by atoms with Crippen molar-refractivity contribution in [2.75, 3.05) is 60.2 Å². The number of likely N-dealkylation sites (tertiary alicyclic amines) is 1. The van der Waals surface area contributed by atoms with Crippen LogP contribution in [0.1, 0.15) is 32.3 Å². The van der Waals surface area contributed by atoms with E-state index in [1.54, 1.807) is 7.11 Å². The molecule has 1 saturated heterocycles. The molecular weight excluding hydrogens is 368 g/mol. The summed E-state index contributed by atoms with van der Waals surface area (Å²) in [5.41, 5.74) is 1.21. The van der Waals surface area contributed by atoms with Gasteiger partial charge in [-0.2, -0.15) is 0 Å². The first-order chi connectivity index (χ1) is 14.2. The van der Waals surface area contributed by atoms with Crippen LogP contribution < -0.4 is 20.1 Å². The molecule has 0 saturated carbocycles. The number of rotatable bonds is 12. The van der Waals surface area contributed by atoms with E-state index in [0.717, 1.165) is 56.7 Å². The van der Waals surface area contributed by atoms with Gasteiger partial charge in [-0.1, -0.05) is 6.07 Å². The predicted octanol–water partition coefficient (Wildman–Crippen LogP) is 2.30. The summed E-state index contributed by atoms with van der Waals surface area (Å²) in [4.78, 5) is 6.86. The Bertz CT molecular complexity index is 624. The van der Waals surface area contributed by atoms with E-state index < -0.39 is 0 Å². The molecule has 2 N–H and O–H groups in total. The van der Waals surface area contributed by atoms with Crippen LogP contribution in [-0.2, 0) is 11.2 Å². The number of nitrogens with zero attached hydrogens (tertiary/aromatic N) is 2. The third-order valence-electron chi connectivity index (χ3n) is 5.12. The maximum atomic E-state index is 5.72. The summed E-state index contributed by atoms with van der Waals surface area (Å²) >= 11 is 0. The first kappa shape index (κ1) is 23.3. The van der Waals surface area contributed by atoms with E-state index >= 15 is 0 Å². The highest BCUT2D eigenvalue weighted by molar-refractivity contribution is 5.79. The van der Waals surface area contributed by atoms with Crippen molar-refractivity contribution in [2.24, 2.45) is 4.99 Å². The standard InChI is InChI=1S/C22H38N4O3/c1-5-28-20-10-9-18(16-21(20)29-6-2)11-12-24-22(23-3)25-17-19-8-7-13-26(19)14-15-27-4/h9-10,16,19H,5-8,11-15,17H2,1-4H3,(H2,23,24,25). The van der Waals surface area contributed by atoms with Gasteiger partial charge >= 0.3 is 0 Å². The third-order valence-corrected chi connectivity index (χ3v) is 5.12. The number of guanidine groups is 1. The summed E-state index contributed by atoms with van der Waals surface area (Å²) in [5, 5.41) is 6.89. The summed E-state index contributed by atoms with van der Waals surface area (Å²) < 4.78 is 16.6. The molecule has 2 rings (SSSR count). The van der Waals surface area contributed by atoms with Gasteiger partial charge in [-0.15, -0.1) is 0 Å². The van der Waals surface area contributed by atoms with E-state index in [2.05, 4.69) is 32.7 Å². The molecule has 1 aromatic rings. The van der Waals surface area contributed by atoms with E-state index in [9.17, 15) is 0 Å². The first-order valence-corrected chi connectivity index (χ1v) is 10.8. The van der Waals surface area contributed by atoms with Gasteiger partial charge in [0.25, 0.3) is 0 Å². The Hall–Kier alpha value is -1.99. The van der Waals surface area contributed by atoms with Gasteiger partial charge in [-0.3, -0.25) is 9.89 Å². The van der Waals surface area contributed by atoms with Gasteiger partial charge in [0.05, 0.1) is 19.8 Å². The van der Waals surface area contributed by atoms with E-state index in [0.29, 0.717) is 19.3 Å². The fraction of sp³-hybridized carbons (Fsp3) is 0.682. The number of nitrogens with one attached hydrogen (secondary N) is 2. The van der Waals surface area contributed by atoms with Crippen LogP contribution in [-0.4, -0.2) is 77.1 Å². The second kappa shape index (κ2) is 13.3. The lowest BCUT2D eigenvalue weighted by Crippen LogP contribution is -2.45. The van der Waals surface area contributed by atoms with Crippen LogP contribution in [0.4, 0.5) is 0 Å². The Kier molecular flexibility index (Phi) is 10.7. The lowest BCUT2D eigenvalue weighted by atomic mass is 10.1. The minimum atomic E-state index is 0.545. The normalized spacial score (nSPS) is 17.4. The molecule has 0 aliphatic carbocycles. The largest absolute Gasteiger partial charge is 0.490 e. The summed E-state index contributed by atoms with van der Waals surface area (Å²) in [6.45, 7) is 9.87. The lowest BCUT2D eigenvalue weighted by molar-refractivity contribution is 0.141. The summed E-state index contributed by atoms with van der Waals surface area (Å²) in [6, 6.07) is 6.70. The molecule has 0 radical (unpaired) electrons. The monoisotopic (exact) mass is 406 g/mol. The van der Waals surface area contributed by atoms with E-state index in [1.165, 1.54) is 18.4 Å². The lowest BCUT2D eigenvalue weighted by Gasteiger charge is -2.25. The van der Waals surface area contributed by atoms with Gasteiger partial charge in [0.1, 0.15) is 0 Å². The Morgan fingerprint density at radius 3 is 2.69 bits per heavy atom. The zero-order valence-corrected chi connectivity index (χ0v) is 18.5. The number of benzene rings is 1. The highest BCUT2D eigenvalue weighted by Crippen LogP contribution is 2.28. The summed E-state index contributed by atoms with van der Waals surface area (Å²) in [5.74, 6) is 2.46. The predicted molar refractivity (Wildman–Crippen MR) is 118 cm³/mol. The Labute approximate surface area is 175 Å². The molecule has 1 aliphatic heterocycles. The van der Waals surface area contributed by atoms with Crippen LogP contribution in [0.2, 0.25) is 0 Å². The topological polar surface area (TPSA) is 67.4 Å². The fourth-order valence-electron chi connectivity index (χ4n) is 3.64. The first-order valence-electron chi connectivity index (χ1n) is 10.8. The summed E-state index contributed by atoms with van der Waals surface area (Å²) in [6.07, 6.45) is 3.36. The number of methoxy groups -OCH3 is 1. The molecular formula is C22H38N4O3. The molecule has 1 aromatic carbocycles. The molecule has 7 nitrogen and oxygen atoms in total. The number of ether oxygens (including phenoxy) is 3. The molecule has 0 bridgehead atoms. The molecule has 0 amide bonds. The zero-order valence-electron chi connectivity index (χ0n) is 18.5. The third kappa shape index (κ3) is 7.74. The van der Waals surface area contributed by atoms with Gasteiger partial charge in [0, 0.05) is 39.8 Å². The molecule has 1 fully saturated rings. The molecule has 7 heteroatoms. The van der Waals surface area contributed by atoms with Gasteiger partial charge in [-0.05, 0) is 57.4 Å². The molecule has 1 heterocycles. The number of hydrogen-bond donors (Lipinski definition) is 2. The zero-order chi connectivity index (χ0) is 20.9. The van der Waals surface area contributed by atoms with Crippen molar-refractivity contribution in [1.82, 2.24) is 15.5 Å². The number of hydrogen-bond acceptors (Lipinski definition) is 5. The Balaban J connectivity index is 1.78. The molecule has 0 spiro atoms. The molecule has 1 aliphatic rings. The highest BCUT2D eigenvalue weighted by atomic mass is 16.5. The van der Waals surface area contributed by atoms with Crippen molar-refractivity contribution in [3.8, 4) is 11.5 Å². The van der Waals surface area contributed by atoms with Crippen LogP contribution in [0.15, 0.2) is 23.2 Å². The number of aliphatic imine (C=N–C) groups is 1. The maximum Gasteiger partial charge on any atom is 0.191 e. The van der Waals surface area contributed by atoms with Gasteiger partial charge in [-0.25, -0.2) is 0 Å². The van der Waals surface area contributed by atoms with Crippen molar-refractivity contribution < 1.29 is 14.2 Å². The van der Waals surface area contributed by atoms with Gasteiger partial charge in [0.15, 0.2) is 17.5 Å². The van der Waals surface area contributed by atoms with Crippen LogP contribution in [0.5, 0.6) is 11.5 Å². The molecule has 29 heavy (non-hydrogen) atoms. The van der Waals surface area contributed by atoms with E-state index in [4.69, 9.17) is 14.2 Å². The SMILES string of the molecule is CCOc1ccc(CCNC(=NC)NCC2CCCN2CCOC)cc1OCC. The van der Waals surface area contributed by atoms with Gasteiger partial charge < -0.3 is 24.8 Å².